The molecule has 1 rings (SSSR count). The molecule has 0 aromatic heterocycles. The minimum absolute atomic E-state index is 0.106. The second-order valence-electron chi connectivity index (χ2n) is 3.99. The van der Waals surface area contributed by atoms with Crippen LogP contribution in [0.1, 0.15) is 0 Å². The van der Waals surface area contributed by atoms with E-state index in [1.807, 2.05) is 25.1 Å². The van der Waals surface area contributed by atoms with Gasteiger partial charge < -0.3 is 15.0 Å². The van der Waals surface area contributed by atoms with Crippen molar-refractivity contribution in [2.45, 2.75) is 0 Å². The van der Waals surface area contributed by atoms with Crippen molar-refractivity contribution in [1.29, 1.82) is 15.8 Å². The Morgan fingerprint density at radius 2 is 1.80 bits per heavy atom. The number of nitrogens with one attached hydrogen (secondary N) is 1. The molecule has 0 spiro atoms. The molecular weight excluding hydrogens is 254 g/mol. The topological polar surface area (TPSA) is 95.9 Å². The van der Waals surface area contributed by atoms with Gasteiger partial charge in [0.15, 0.2) is 5.57 Å². The maximum Gasteiger partial charge on any atom is 0.163 e. The summed E-state index contributed by atoms with van der Waals surface area (Å²) in [4.78, 5) is 1.91. The molecule has 0 saturated heterocycles. The second kappa shape index (κ2) is 6.68. The van der Waals surface area contributed by atoms with Gasteiger partial charge in [-0.1, -0.05) is 0 Å². The van der Waals surface area contributed by atoms with Gasteiger partial charge >= 0.3 is 0 Å². The van der Waals surface area contributed by atoms with Crippen LogP contribution in [0, 0.1) is 34.0 Å². The number of methoxy groups -OCH3 is 1. The standard InChI is InChI=1S/C14H13N5O/c1-19(2)11-4-5-12(14(6-11)20-3)18-13(9-17)10(7-15)8-16/h4-6,18H,1-3H3. The highest BCUT2D eigenvalue weighted by atomic mass is 16.5. The highest BCUT2D eigenvalue weighted by Crippen LogP contribution is 2.30. The minimum atomic E-state index is -0.272. The lowest BCUT2D eigenvalue weighted by atomic mass is 10.2. The van der Waals surface area contributed by atoms with E-state index in [0.717, 1.165) is 5.69 Å². The first kappa shape index (κ1) is 14.9. The predicted octanol–water partition coefficient (Wildman–Crippen LogP) is 2.00. The van der Waals surface area contributed by atoms with Gasteiger partial charge in [-0.05, 0) is 12.1 Å². The molecule has 1 aromatic carbocycles. The van der Waals surface area contributed by atoms with Crippen LogP contribution in [0.2, 0.25) is 0 Å². The highest BCUT2D eigenvalue weighted by molar-refractivity contribution is 5.68. The lowest BCUT2D eigenvalue weighted by molar-refractivity contribution is 0.417. The summed E-state index contributed by atoms with van der Waals surface area (Å²) in [5.41, 5.74) is 1.06. The molecule has 0 unspecified atom stereocenters. The van der Waals surface area contributed by atoms with E-state index in [9.17, 15) is 0 Å². The van der Waals surface area contributed by atoms with E-state index in [-0.39, 0.29) is 11.3 Å². The van der Waals surface area contributed by atoms with Gasteiger partial charge in [-0.2, -0.15) is 15.8 Å². The summed E-state index contributed by atoms with van der Waals surface area (Å²) in [5, 5.41) is 29.3. The minimum Gasteiger partial charge on any atom is -0.494 e. The van der Waals surface area contributed by atoms with E-state index in [1.54, 1.807) is 30.3 Å². The van der Waals surface area contributed by atoms with E-state index in [0.29, 0.717) is 11.4 Å². The molecule has 6 nitrogen and oxygen atoms in total. The molecule has 0 fully saturated rings. The zero-order valence-electron chi connectivity index (χ0n) is 11.4. The molecule has 1 aromatic rings. The number of rotatable bonds is 4. The lowest BCUT2D eigenvalue weighted by Gasteiger charge is -2.16. The van der Waals surface area contributed by atoms with Crippen LogP contribution in [0.25, 0.3) is 0 Å². The van der Waals surface area contributed by atoms with Crippen molar-refractivity contribution in [1.82, 2.24) is 0 Å². The third kappa shape index (κ3) is 3.19. The lowest BCUT2D eigenvalue weighted by Crippen LogP contribution is -2.09. The zero-order valence-corrected chi connectivity index (χ0v) is 11.4. The van der Waals surface area contributed by atoms with Gasteiger partial charge in [-0.25, -0.2) is 0 Å². The SMILES string of the molecule is COc1cc(N(C)C)ccc1NC(C#N)=C(C#N)C#N. The second-order valence-corrected chi connectivity index (χ2v) is 3.99. The Hall–Kier alpha value is -3.17. The summed E-state index contributed by atoms with van der Waals surface area (Å²) in [6.07, 6.45) is 0. The normalized spacial score (nSPS) is 8.60. The van der Waals surface area contributed by atoms with Crippen molar-refractivity contribution in [3.63, 3.8) is 0 Å². The van der Waals surface area contributed by atoms with Crippen molar-refractivity contribution in [3.05, 3.63) is 29.5 Å². The van der Waals surface area contributed by atoms with E-state index in [1.165, 1.54) is 7.11 Å². The van der Waals surface area contributed by atoms with E-state index < -0.39 is 0 Å². The van der Waals surface area contributed by atoms with Crippen LogP contribution in [0.4, 0.5) is 11.4 Å². The number of hydrogen-bond donors (Lipinski definition) is 1. The monoisotopic (exact) mass is 267 g/mol. The fraction of sp³-hybridized carbons (Fsp3) is 0.214. The maximum absolute atomic E-state index is 9.00. The Morgan fingerprint density at radius 3 is 2.25 bits per heavy atom. The third-order valence-electron chi connectivity index (χ3n) is 2.55. The molecule has 0 aliphatic rings. The van der Waals surface area contributed by atoms with Gasteiger partial charge in [0.2, 0.25) is 0 Å². The Bertz CT molecular complexity index is 640. The van der Waals surface area contributed by atoms with Crippen molar-refractivity contribution in [2.75, 3.05) is 31.4 Å². The smallest absolute Gasteiger partial charge is 0.163 e. The molecule has 1 N–H and O–H groups in total. The Labute approximate surface area is 117 Å². The summed E-state index contributed by atoms with van der Waals surface area (Å²) in [6.45, 7) is 0. The highest BCUT2D eigenvalue weighted by Gasteiger charge is 2.10. The number of allylic oxidation sites excluding steroid dienone is 2. The van der Waals surface area contributed by atoms with Crippen LogP contribution in [0.3, 0.4) is 0 Å². The average molecular weight is 267 g/mol. The number of hydrogen-bond acceptors (Lipinski definition) is 6. The number of anilines is 2. The van der Waals surface area contributed by atoms with Gasteiger partial charge in [0.05, 0.1) is 12.8 Å². The summed E-state index contributed by atoms with van der Waals surface area (Å²) in [7, 11) is 5.29. The van der Waals surface area contributed by atoms with Crippen LogP contribution >= 0.6 is 0 Å². The van der Waals surface area contributed by atoms with Crippen LogP contribution in [-0.4, -0.2) is 21.2 Å². The fourth-order valence-corrected chi connectivity index (χ4v) is 1.48. The van der Waals surface area contributed by atoms with E-state index >= 15 is 0 Å². The predicted molar refractivity (Wildman–Crippen MR) is 74.8 cm³/mol. The molecule has 0 radical (unpaired) electrons. The van der Waals surface area contributed by atoms with Crippen molar-refractivity contribution >= 4 is 11.4 Å². The van der Waals surface area contributed by atoms with Crippen molar-refractivity contribution in [2.24, 2.45) is 0 Å². The zero-order chi connectivity index (χ0) is 15.1. The molecular formula is C14H13N5O. The molecule has 0 saturated carbocycles. The third-order valence-corrected chi connectivity index (χ3v) is 2.55. The van der Waals surface area contributed by atoms with Crippen LogP contribution < -0.4 is 15.0 Å². The molecule has 6 heteroatoms. The van der Waals surface area contributed by atoms with Gasteiger partial charge in [-0.15, -0.1) is 0 Å². The molecule has 0 atom stereocenters. The Kier molecular flexibility index (Phi) is 4.97. The largest absolute Gasteiger partial charge is 0.494 e. The number of nitrogens with zero attached hydrogens (tertiary/aromatic N) is 4. The number of nitriles is 3. The van der Waals surface area contributed by atoms with E-state index in [2.05, 4.69) is 5.32 Å². The van der Waals surface area contributed by atoms with E-state index in [4.69, 9.17) is 20.5 Å². The first-order chi connectivity index (χ1) is 9.57. The summed E-state index contributed by atoms with van der Waals surface area (Å²) < 4.78 is 5.24. The van der Waals surface area contributed by atoms with Gasteiger partial charge in [0, 0.05) is 25.8 Å². The summed E-state index contributed by atoms with van der Waals surface area (Å²) >= 11 is 0. The molecule has 0 heterocycles. The number of ether oxygens (including phenoxy) is 1. The fourth-order valence-electron chi connectivity index (χ4n) is 1.48. The van der Waals surface area contributed by atoms with Crippen molar-refractivity contribution < 1.29 is 4.74 Å². The molecule has 0 aliphatic heterocycles. The average Bonchev–Trinajstić information content (AvgIpc) is 2.47. The first-order valence-electron chi connectivity index (χ1n) is 5.64. The molecule has 0 bridgehead atoms. The summed E-state index contributed by atoms with van der Waals surface area (Å²) in [5.74, 6) is 0.513. The number of benzene rings is 1. The molecule has 0 aliphatic carbocycles. The van der Waals surface area contributed by atoms with Crippen LogP contribution in [0.5, 0.6) is 5.75 Å². The molecule has 100 valence electrons. The quantitative estimate of drug-likeness (QED) is 0.838. The van der Waals surface area contributed by atoms with Gasteiger partial charge in [-0.3, -0.25) is 0 Å². The van der Waals surface area contributed by atoms with Gasteiger partial charge in [0.25, 0.3) is 0 Å². The molecule has 0 amide bonds. The van der Waals surface area contributed by atoms with Crippen molar-refractivity contribution in [3.8, 4) is 24.0 Å². The first-order valence-corrected chi connectivity index (χ1v) is 5.64. The summed E-state index contributed by atoms with van der Waals surface area (Å²) in [6, 6.07) is 10.5. The Morgan fingerprint density at radius 1 is 1.15 bits per heavy atom. The molecule has 20 heavy (non-hydrogen) atoms. The van der Waals surface area contributed by atoms with Crippen LogP contribution in [0.15, 0.2) is 29.5 Å². The van der Waals surface area contributed by atoms with Crippen LogP contribution in [-0.2, 0) is 0 Å². The van der Waals surface area contributed by atoms with Gasteiger partial charge in [0.1, 0.15) is 29.7 Å². The Balaban J connectivity index is 3.23. The maximum atomic E-state index is 9.00.